The molecule has 1 aromatic carbocycles. The summed E-state index contributed by atoms with van der Waals surface area (Å²) in [5.41, 5.74) is 6.95. The molecule has 0 aromatic heterocycles. The van der Waals surface area contributed by atoms with Crippen molar-refractivity contribution >= 4 is 11.4 Å². The van der Waals surface area contributed by atoms with E-state index in [1.165, 1.54) is 18.9 Å². The van der Waals surface area contributed by atoms with E-state index in [2.05, 4.69) is 12.2 Å². The van der Waals surface area contributed by atoms with Crippen molar-refractivity contribution in [2.45, 2.75) is 19.8 Å². The Morgan fingerprint density at radius 2 is 2.21 bits per heavy atom. The van der Waals surface area contributed by atoms with Crippen LogP contribution in [-0.2, 0) is 0 Å². The molecule has 0 aliphatic heterocycles. The third-order valence-electron chi connectivity index (χ3n) is 2.84. The topological polar surface area (TPSA) is 38.0 Å². The van der Waals surface area contributed by atoms with E-state index in [-0.39, 0.29) is 5.82 Å². The molecule has 0 radical (unpaired) electrons. The molecule has 0 saturated heterocycles. The Labute approximate surface area is 83.3 Å². The van der Waals surface area contributed by atoms with E-state index in [4.69, 9.17) is 5.73 Å². The zero-order valence-corrected chi connectivity index (χ0v) is 8.31. The molecule has 1 aliphatic rings. The Morgan fingerprint density at radius 3 is 2.79 bits per heavy atom. The molecule has 1 aromatic rings. The largest absolute Gasteiger partial charge is 0.397 e. The highest BCUT2D eigenvalue weighted by atomic mass is 19.1. The fourth-order valence-corrected chi connectivity index (χ4v) is 1.42. The van der Waals surface area contributed by atoms with E-state index in [0.717, 1.165) is 6.54 Å². The molecule has 0 unspecified atom stereocenters. The molecule has 2 nitrogen and oxygen atoms in total. The van der Waals surface area contributed by atoms with E-state index in [1.54, 1.807) is 12.1 Å². The zero-order valence-electron chi connectivity index (χ0n) is 8.31. The second kappa shape index (κ2) is 3.15. The molecule has 0 heterocycles. The van der Waals surface area contributed by atoms with Gasteiger partial charge in [-0.05, 0) is 30.4 Å². The van der Waals surface area contributed by atoms with Crippen molar-refractivity contribution in [2.24, 2.45) is 5.41 Å². The highest BCUT2D eigenvalue weighted by molar-refractivity contribution is 5.66. The van der Waals surface area contributed by atoms with E-state index < -0.39 is 0 Å². The summed E-state index contributed by atoms with van der Waals surface area (Å²) in [7, 11) is 0. The molecule has 0 atom stereocenters. The van der Waals surface area contributed by atoms with Crippen LogP contribution in [-0.4, -0.2) is 6.54 Å². The van der Waals surface area contributed by atoms with Gasteiger partial charge in [-0.1, -0.05) is 13.0 Å². The molecule has 3 N–H and O–H groups in total. The van der Waals surface area contributed by atoms with Crippen LogP contribution in [0.3, 0.4) is 0 Å². The molecule has 1 saturated carbocycles. The van der Waals surface area contributed by atoms with Crippen LogP contribution in [0, 0.1) is 11.2 Å². The summed E-state index contributed by atoms with van der Waals surface area (Å²) < 4.78 is 13.3. The predicted octanol–water partition coefficient (Wildman–Crippen LogP) is 2.62. The highest BCUT2D eigenvalue weighted by Gasteiger charge is 2.36. The van der Waals surface area contributed by atoms with Crippen LogP contribution in [0.4, 0.5) is 15.8 Å². The van der Waals surface area contributed by atoms with Crippen LogP contribution < -0.4 is 11.1 Å². The van der Waals surface area contributed by atoms with E-state index in [1.807, 2.05) is 0 Å². The third-order valence-corrected chi connectivity index (χ3v) is 2.84. The second-order valence-corrected chi connectivity index (χ2v) is 4.37. The van der Waals surface area contributed by atoms with Gasteiger partial charge in [0.25, 0.3) is 0 Å². The molecule has 0 amide bonds. The van der Waals surface area contributed by atoms with Crippen molar-refractivity contribution in [3.05, 3.63) is 24.0 Å². The van der Waals surface area contributed by atoms with Crippen molar-refractivity contribution in [3.63, 3.8) is 0 Å². The lowest BCUT2D eigenvalue weighted by molar-refractivity contribution is 0.598. The van der Waals surface area contributed by atoms with Crippen LogP contribution in [0.2, 0.25) is 0 Å². The summed E-state index contributed by atoms with van der Waals surface area (Å²) in [6, 6.07) is 4.75. The van der Waals surface area contributed by atoms with Crippen LogP contribution in [0.5, 0.6) is 0 Å². The van der Waals surface area contributed by atoms with Crippen molar-refractivity contribution < 1.29 is 4.39 Å². The van der Waals surface area contributed by atoms with Crippen LogP contribution in [0.1, 0.15) is 19.8 Å². The standard InChI is InChI=1S/C11H15FN2/c1-11(5-6-11)7-14-10-8(12)3-2-4-9(10)13/h2-4,14H,5-7,13H2,1H3. The smallest absolute Gasteiger partial charge is 0.148 e. The average Bonchev–Trinajstić information content (AvgIpc) is 2.83. The lowest BCUT2D eigenvalue weighted by atomic mass is 10.1. The van der Waals surface area contributed by atoms with Gasteiger partial charge in [0.1, 0.15) is 5.82 Å². The molecule has 2 rings (SSSR count). The lowest BCUT2D eigenvalue weighted by Gasteiger charge is -2.13. The normalized spacial score (nSPS) is 17.9. The van der Waals surface area contributed by atoms with E-state index >= 15 is 0 Å². The Morgan fingerprint density at radius 1 is 1.50 bits per heavy atom. The monoisotopic (exact) mass is 194 g/mol. The van der Waals surface area contributed by atoms with Gasteiger partial charge < -0.3 is 11.1 Å². The molecule has 3 heteroatoms. The summed E-state index contributed by atoms with van der Waals surface area (Å²) in [4.78, 5) is 0. The fourth-order valence-electron chi connectivity index (χ4n) is 1.42. The number of nitrogens with one attached hydrogen (secondary N) is 1. The van der Waals surface area contributed by atoms with Crippen LogP contribution in [0.25, 0.3) is 0 Å². The van der Waals surface area contributed by atoms with Crippen LogP contribution >= 0.6 is 0 Å². The minimum absolute atomic E-state index is 0.269. The molecule has 76 valence electrons. The number of hydrogen-bond donors (Lipinski definition) is 2. The van der Waals surface area contributed by atoms with Gasteiger partial charge in [-0.15, -0.1) is 0 Å². The van der Waals surface area contributed by atoms with E-state index in [9.17, 15) is 4.39 Å². The zero-order chi connectivity index (χ0) is 10.2. The third kappa shape index (κ3) is 1.81. The number of benzene rings is 1. The number of halogens is 1. The Balaban J connectivity index is 2.08. The molecule has 0 bridgehead atoms. The molecular formula is C11H15FN2. The molecular weight excluding hydrogens is 179 g/mol. The first-order valence-electron chi connectivity index (χ1n) is 4.89. The average molecular weight is 194 g/mol. The number of nitrogens with two attached hydrogens (primary N) is 1. The maximum atomic E-state index is 13.3. The number of nitrogen functional groups attached to an aromatic ring is 1. The number of anilines is 2. The quantitative estimate of drug-likeness (QED) is 0.726. The maximum Gasteiger partial charge on any atom is 0.148 e. The van der Waals surface area contributed by atoms with Gasteiger partial charge in [0.15, 0.2) is 0 Å². The summed E-state index contributed by atoms with van der Waals surface area (Å²) in [6.07, 6.45) is 2.43. The summed E-state index contributed by atoms with van der Waals surface area (Å²) in [6.45, 7) is 3.00. The van der Waals surface area contributed by atoms with E-state index in [0.29, 0.717) is 16.8 Å². The lowest BCUT2D eigenvalue weighted by Crippen LogP contribution is -2.13. The van der Waals surface area contributed by atoms with Gasteiger partial charge in [-0.25, -0.2) is 4.39 Å². The van der Waals surface area contributed by atoms with Gasteiger partial charge in [-0.2, -0.15) is 0 Å². The van der Waals surface area contributed by atoms with Gasteiger partial charge in [-0.3, -0.25) is 0 Å². The number of para-hydroxylation sites is 1. The van der Waals surface area contributed by atoms with Gasteiger partial charge >= 0.3 is 0 Å². The van der Waals surface area contributed by atoms with Crippen molar-refractivity contribution in [2.75, 3.05) is 17.6 Å². The first kappa shape index (κ1) is 9.31. The fraction of sp³-hybridized carbons (Fsp3) is 0.455. The molecule has 1 fully saturated rings. The van der Waals surface area contributed by atoms with Crippen molar-refractivity contribution in [1.82, 2.24) is 0 Å². The molecule has 0 spiro atoms. The second-order valence-electron chi connectivity index (χ2n) is 4.37. The summed E-state index contributed by atoms with van der Waals surface area (Å²) in [5.74, 6) is -0.269. The molecule has 14 heavy (non-hydrogen) atoms. The van der Waals surface area contributed by atoms with Gasteiger partial charge in [0.2, 0.25) is 0 Å². The highest BCUT2D eigenvalue weighted by Crippen LogP contribution is 2.45. The van der Waals surface area contributed by atoms with Crippen LogP contribution in [0.15, 0.2) is 18.2 Å². The number of hydrogen-bond acceptors (Lipinski definition) is 2. The Kier molecular flexibility index (Phi) is 2.10. The SMILES string of the molecule is CC1(CNc2c(N)cccc2F)CC1. The molecule has 1 aliphatic carbocycles. The van der Waals surface area contributed by atoms with Crippen molar-refractivity contribution in [1.29, 1.82) is 0 Å². The maximum absolute atomic E-state index is 13.3. The summed E-state index contributed by atoms with van der Waals surface area (Å²) >= 11 is 0. The summed E-state index contributed by atoms with van der Waals surface area (Å²) in [5, 5.41) is 3.08. The minimum Gasteiger partial charge on any atom is -0.397 e. The first-order valence-corrected chi connectivity index (χ1v) is 4.89. The first-order chi connectivity index (χ1) is 6.61. The Hall–Kier alpha value is -1.25. The predicted molar refractivity (Wildman–Crippen MR) is 56.6 cm³/mol. The van der Waals surface area contributed by atoms with Gasteiger partial charge in [0, 0.05) is 6.54 Å². The Bertz CT molecular complexity index is 325. The van der Waals surface area contributed by atoms with Gasteiger partial charge in [0.05, 0.1) is 11.4 Å². The van der Waals surface area contributed by atoms with Crippen molar-refractivity contribution in [3.8, 4) is 0 Å². The minimum atomic E-state index is -0.269. The number of rotatable bonds is 3.